The Bertz CT molecular complexity index is 931. The molecule has 7 nitrogen and oxygen atoms in total. The number of hydrogen-bond donors (Lipinski definition) is 1. The van der Waals surface area contributed by atoms with E-state index < -0.39 is 0 Å². The average Bonchev–Trinajstić information content (AvgIpc) is 3.20. The highest BCUT2D eigenvalue weighted by Crippen LogP contribution is 2.30. The fourth-order valence-electron chi connectivity index (χ4n) is 2.72. The van der Waals surface area contributed by atoms with Crippen LogP contribution in [0.1, 0.15) is 19.8 Å². The number of carbonyl (C=O) groups excluding carboxylic acids is 1. The van der Waals surface area contributed by atoms with Crippen molar-refractivity contribution in [2.45, 2.75) is 24.9 Å². The molecular formula is C21H24N4O3S. The lowest BCUT2D eigenvalue weighted by molar-refractivity contribution is -0.133. The number of hydroxylamine groups is 1. The third-order valence-electron chi connectivity index (χ3n) is 4.09. The Morgan fingerprint density at radius 3 is 2.72 bits per heavy atom. The number of carbonyl (C=O) groups is 1. The maximum atomic E-state index is 11.7. The molecule has 1 aromatic heterocycles. The first-order valence-corrected chi connectivity index (χ1v) is 10.4. The van der Waals surface area contributed by atoms with E-state index in [2.05, 4.69) is 15.7 Å². The largest absolute Gasteiger partial charge is 0.497 e. The van der Waals surface area contributed by atoms with Crippen molar-refractivity contribution in [3.05, 3.63) is 54.6 Å². The van der Waals surface area contributed by atoms with Gasteiger partial charge in [-0.1, -0.05) is 42.1 Å². The molecule has 1 heterocycles. The number of nitrogens with zero attached hydrogens (tertiary/aromatic N) is 3. The monoisotopic (exact) mass is 412 g/mol. The Labute approximate surface area is 174 Å². The molecule has 0 saturated heterocycles. The average molecular weight is 413 g/mol. The minimum absolute atomic E-state index is 0.117. The normalized spacial score (nSPS) is 10.7. The summed E-state index contributed by atoms with van der Waals surface area (Å²) >= 11 is 1.57. The van der Waals surface area contributed by atoms with Crippen LogP contribution in [0.2, 0.25) is 0 Å². The van der Waals surface area contributed by atoms with E-state index in [0.29, 0.717) is 19.4 Å². The standard InChI is InChI=1S/C21H24N4O3S/c1-3-28-24-19(26)13-8-14-29-21-23-22-20(16-9-7-12-18(15-16)27-2)25(21)17-10-5-4-6-11-17/h4-7,9-12,15H,3,8,13-14H2,1-2H3,(H,24,26). The number of benzene rings is 2. The molecule has 0 aliphatic rings. The number of aromatic nitrogens is 3. The van der Waals surface area contributed by atoms with Gasteiger partial charge < -0.3 is 4.74 Å². The van der Waals surface area contributed by atoms with Gasteiger partial charge in [-0.15, -0.1) is 10.2 Å². The molecule has 0 spiro atoms. The lowest BCUT2D eigenvalue weighted by atomic mass is 10.2. The van der Waals surface area contributed by atoms with Crippen LogP contribution in [-0.4, -0.2) is 40.1 Å². The first-order chi connectivity index (χ1) is 14.2. The Morgan fingerprint density at radius 1 is 1.14 bits per heavy atom. The zero-order valence-electron chi connectivity index (χ0n) is 16.5. The molecule has 0 fully saturated rings. The van der Waals surface area contributed by atoms with E-state index in [1.54, 1.807) is 18.9 Å². The van der Waals surface area contributed by atoms with Crippen molar-refractivity contribution in [2.75, 3.05) is 19.5 Å². The summed E-state index contributed by atoms with van der Waals surface area (Å²) in [6.07, 6.45) is 1.11. The molecule has 2 aromatic carbocycles. The lowest BCUT2D eigenvalue weighted by Crippen LogP contribution is -2.23. The molecule has 29 heavy (non-hydrogen) atoms. The van der Waals surface area contributed by atoms with E-state index in [1.165, 1.54) is 0 Å². The minimum atomic E-state index is -0.117. The van der Waals surface area contributed by atoms with Crippen molar-refractivity contribution in [1.29, 1.82) is 0 Å². The van der Waals surface area contributed by atoms with Gasteiger partial charge in [-0.3, -0.25) is 14.2 Å². The quantitative estimate of drug-likeness (QED) is 0.309. The number of methoxy groups -OCH3 is 1. The highest BCUT2D eigenvalue weighted by molar-refractivity contribution is 7.99. The molecule has 3 aromatic rings. The van der Waals surface area contributed by atoms with Crippen LogP contribution in [0.5, 0.6) is 5.75 Å². The molecule has 8 heteroatoms. The summed E-state index contributed by atoms with van der Waals surface area (Å²) in [4.78, 5) is 16.6. The smallest absolute Gasteiger partial charge is 0.243 e. The fourth-order valence-corrected chi connectivity index (χ4v) is 3.61. The number of rotatable bonds is 10. The second kappa shape index (κ2) is 10.6. The van der Waals surface area contributed by atoms with Crippen LogP contribution in [0.4, 0.5) is 0 Å². The van der Waals surface area contributed by atoms with E-state index in [-0.39, 0.29) is 5.91 Å². The number of amides is 1. The van der Waals surface area contributed by atoms with E-state index in [4.69, 9.17) is 9.57 Å². The Balaban J connectivity index is 1.79. The van der Waals surface area contributed by atoms with Crippen LogP contribution >= 0.6 is 11.8 Å². The van der Waals surface area contributed by atoms with Crippen molar-refractivity contribution in [3.63, 3.8) is 0 Å². The van der Waals surface area contributed by atoms with Gasteiger partial charge in [-0.25, -0.2) is 5.48 Å². The van der Waals surface area contributed by atoms with Crippen LogP contribution in [0, 0.1) is 0 Å². The molecule has 0 aliphatic carbocycles. The number of nitrogens with one attached hydrogen (secondary N) is 1. The second-order valence-electron chi connectivity index (χ2n) is 6.12. The van der Waals surface area contributed by atoms with Crippen LogP contribution in [0.15, 0.2) is 59.8 Å². The molecule has 0 saturated carbocycles. The molecule has 1 N–H and O–H groups in total. The zero-order valence-corrected chi connectivity index (χ0v) is 17.3. The van der Waals surface area contributed by atoms with Crippen LogP contribution in [0.25, 0.3) is 17.1 Å². The third-order valence-corrected chi connectivity index (χ3v) is 5.10. The molecule has 152 valence electrons. The number of ether oxygens (including phenoxy) is 1. The van der Waals surface area contributed by atoms with E-state index >= 15 is 0 Å². The predicted octanol–water partition coefficient (Wildman–Crippen LogP) is 3.88. The second-order valence-corrected chi connectivity index (χ2v) is 7.18. The SMILES string of the molecule is CCONC(=O)CCCSc1nnc(-c2cccc(OC)c2)n1-c1ccccc1. The van der Waals surface area contributed by atoms with Gasteiger partial charge in [0.15, 0.2) is 11.0 Å². The van der Waals surface area contributed by atoms with Crippen LogP contribution in [0.3, 0.4) is 0 Å². The van der Waals surface area contributed by atoms with Crippen molar-refractivity contribution < 1.29 is 14.4 Å². The number of para-hydroxylation sites is 1. The van der Waals surface area contributed by atoms with Crippen LogP contribution < -0.4 is 10.2 Å². The molecule has 3 rings (SSSR count). The topological polar surface area (TPSA) is 78.3 Å². The Hall–Kier alpha value is -2.84. The summed E-state index contributed by atoms with van der Waals surface area (Å²) in [7, 11) is 1.64. The highest BCUT2D eigenvalue weighted by atomic mass is 32.2. The van der Waals surface area contributed by atoms with E-state index in [9.17, 15) is 4.79 Å². The van der Waals surface area contributed by atoms with Gasteiger partial charge in [0.2, 0.25) is 5.91 Å². The predicted molar refractivity (Wildman–Crippen MR) is 113 cm³/mol. The zero-order chi connectivity index (χ0) is 20.5. The van der Waals surface area contributed by atoms with Gasteiger partial charge in [0.1, 0.15) is 5.75 Å². The number of hydrogen-bond acceptors (Lipinski definition) is 6. The summed E-state index contributed by atoms with van der Waals surface area (Å²) in [6.45, 7) is 2.28. The van der Waals surface area contributed by atoms with Gasteiger partial charge in [0.05, 0.1) is 13.7 Å². The first kappa shape index (κ1) is 20.9. The van der Waals surface area contributed by atoms with Crippen molar-refractivity contribution in [3.8, 4) is 22.8 Å². The van der Waals surface area contributed by atoms with Gasteiger partial charge in [0.25, 0.3) is 0 Å². The summed E-state index contributed by atoms with van der Waals surface area (Å²) in [5, 5.41) is 9.61. The number of thioether (sulfide) groups is 1. The molecule has 0 atom stereocenters. The Kier molecular flexibility index (Phi) is 7.66. The summed E-state index contributed by atoms with van der Waals surface area (Å²) < 4.78 is 7.38. The maximum absolute atomic E-state index is 11.7. The molecule has 0 unspecified atom stereocenters. The van der Waals surface area contributed by atoms with Gasteiger partial charge in [-0.2, -0.15) is 0 Å². The lowest BCUT2D eigenvalue weighted by Gasteiger charge is -2.11. The molecule has 0 bridgehead atoms. The molecule has 1 amide bonds. The molecular weight excluding hydrogens is 388 g/mol. The van der Waals surface area contributed by atoms with Gasteiger partial charge >= 0.3 is 0 Å². The maximum Gasteiger partial charge on any atom is 0.243 e. The minimum Gasteiger partial charge on any atom is -0.497 e. The molecule has 0 aliphatic heterocycles. The Morgan fingerprint density at radius 2 is 1.97 bits per heavy atom. The summed E-state index contributed by atoms with van der Waals surface area (Å²) in [5.74, 6) is 2.13. The summed E-state index contributed by atoms with van der Waals surface area (Å²) in [5.41, 5.74) is 4.31. The summed E-state index contributed by atoms with van der Waals surface area (Å²) in [6, 6.07) is 17.7. The molecule has 0 radical (unpaired) electrons. The van der Waals surface area contributed by atoms with E-state index in [0.717, 1.165) is 33.7 Å². The van der Waals surface area contributed by atoms with Crippen LogP contribution in [-0.2, 0) is 9.63 Å². The van der Waals surface area contributed by atoms with Gasteiger partial charge in [0, 0.05) is 23.4 Å². The fraction of sp³-hybridized carbons (Fsp3) is 0.286. The van der Waals surface area contributed by atoms with Crippen molar-refractivity contribution in [1.82, 2.24) is 20.2 Å². The highest BCUT2D eigenvalue weighted by Gasteiger charge is 2.16. The van der Waals surface area contributed by atoms with E-state index in [1.807, 2.05) is 66.1 Å². The van der Waals surface area contributed by atoms with Crippen molar-refractivity contribution >= 4 is 17.7 Å². The first-order valence-electron chi connectivity index (χ1n) is 9.41. The van der Waals surface area contributed by atoms with Gasteiger partial charge in [-0.05, 0) is 37.6 Å². The third kappa shape index (κ3) is 5.58. The van der Waals surface area contributed by atoms with Crippen molar-refractivity contribution in [2.24, 2.45) is 0 Å².